The maximum atomic E-state index is 11.4. The molecule has 4 nitrogen and oxygen atoms in total. The Bertz CT molecular complexity index is 559. The predicted octanol–water partition coefficient (Wildman–Crippen LogP) is 0.981. The van der Waals surface area contributed by atoms with Gasteiger partial charge in [-0.25, -0.2) is 8.42 Å². The van der Waals surface area contributed by atoms with Crippen molar-refractivity contribution in [2.45, 2.75) is 25.4 Å². The second-order valence-corrected chi connectivity index (χ2v) is 7.18. The summed E-state index contributed by atoms with van der Waals surface area (Å²) in [6, 6.07) is 6.92. The standard InChI is InChI=1S/C13H16O4S/c1-10(14)12-4-2-11(3-5-12)8-13(15)6-7-18(16,17)9-13/h2-5,15H,6-9H2,1H3. The monoisotopic (exact) mass is 268 g/mol. The lowest BCUT2D eigenvalue weighted by atomic mass is 9.93. The number of Topliss-reactive ketones (excluding diaryl/α,β-unsaturated/α-hetero) is 1. The third kappa shape index (κ3) is 2.97. The number of hydrogen-bond donors (Lipinski definition) is 1. The molecule has 18 heavy (non-hydrogen) atoms. The van der Waals surface area contributed by atoms with Crippen molar-refractivity contribution in [1.29, 1.82) is 0 Å². The van der Waals surface area contributed by atoms with E-state index in [0.717, 1.165) is 5.56 Å². The maximum absolute atomic E-state index is 11.4. The van der Waals surface area contributed by atoms with Gasteiger partial charge >= 0.3 is 0 Å². The molecule has 0 aliphatic carbocycles. The molecule has 1 aromatic rings. The molecule has 1 aromatic carbocycles. The van der Waals surface area contributed by atoms with Crippen LogP contribution in [0.25, 0.3) is 0 Å². The highest BCUT2D eigenvalue weighted by molar-refractivity contribution is 7.91. The Hall–Kier alpha value is -1.20. The molecular weight excluding hydrogens is 252 g/mol. The quantitative estimate of drug-likeness (QED) is 0.830. The molecule has 2 rings (SSSR count). The first-order valence-corrected chi connectivity index (χ1v) is 7.65. The summed E-state index contributed by atoms with van der Waals surface area (Å²) in [5, 5.41) is 10.2. The molecule has 1 aliphatic rings. The van der Waals surface area contributed by atoms with E-state index in [4.69, 9.17) is 0 Å². The van der Waals surface area contributed by atoms with Crippen molar-refractivity contribution in [1.82, 2.24) is 0 Å². The van der Waals surface area contributed by atoms with Gasteiger partial charge in [0.2, 0.25) is 0 Å². The fourth-order valence-electron chi connectivity index (χ4n) is 2.28. The molecular formula is C13H16O4S. The first-order chi connectivity index (χ1) is 8.30. The third-order valence-electron chi connectivity index (χ3n) is 3.26. The molecule has 1 atom stereocenters. The highest BCUT2D eigenvalue weighted by atomic mass is 32.2. The molecule has 1 N–H and O–H groups in total. The highest BCUT2D eigenvalue weighted by Crippen LogP contribution is 2.27. The second-order valence-electron chi connectivity index (χ2n) is 5.00. The van der Waals surface area contributed by atoms with Gasteiger partial charge in [-0.15, -0.1) is 0 Å². The minimum absolute atomic E-state index is 0.0105. The zero-order chi connectivity index (χ0) is 13.4. The molecule has 98 valence electrons. The zero-order valence-electron chi connectivity index (χ0n) is 10.2. The minimum Gasteiger partial charge on any atom is -0.388 e. The number of rotatable bonds is 3. The van der Waals surface area contributed by atoms with Crippen LogP contribution in [0.2, 0.25) is 0 Å². The Morgan fingerprint density at radius 3 is 2.39 bits per heavy atom. The average molecular weight is 268 g/mol. The average Bonchev–Trinajstić information content (AvgIpc) is 2.53. The summed E-state index contributed by atoms with van der Waals surface area (Å²) >= 11 is 0. The Balaban J connectivity index is 2.13. The second kappa shape index (κ2) is 4.48. The van der Waals surface area contributed by atoms with E-state index >= 15 is 0 Å². The summed E-state index contributed by atoms with van der Waals surface area (Å²) in [6.45, 7) is 1.49. The third-order valence-corrected chi connectivity index (χ3v) is 5.06. The van der Waals surface area contributed by atoms with Gasteiger partial charge in [-0.05, 0) is 18.9 Å². The predicted molar refractivity (Wildman–Crippen MR) is 68.4 cm³/mol. The van der Waals surface area contributed by atoms with Gasteiger partial charge in [0.25, 0.3) is 0 Å². The van der Waals surface area contributed by atoms with E-state index in [1.165, 1.54) is 6.92 Å². The lowest BCUT2D eigenvalue weighted by Crippen LogP contribution is -2.32. The Kier molecular flexibility index (Phi) is 3.29. The van der Waals surface area contributed by atoms with Crippen LogP contribution >= 0.6 is 0 Å². The molecule has 0 aromatic heterocycles. The maximum Gasteiger partial charge on any atom is 0.159 e. The van der Waals surface area contributed by atoms with Crippen LogP contribution in [0.5, 0.6) is 0 Å². The van der Waals surface area contributed by atoms with Gasteiger partial charge in [0.1, 0.15) is 0 Å². The number of hydrogen-bond acceptors (Lipinski definition) is 4. The van der Waals surface area contributed by atoms with Crippen LogP contribution in [0, 0.1) is 0 Å². The number of benzene rings is 1. The van der Waals surface area contributed by atoms with E-state index in [1.807, 2.05) is 0 Å². The van der Waals surface area contributed by atoms with Crippen molar-refractivity contribution < 1.29 is 18.3 Å². The first-order valence-electron chi connectivity index (χ1n) is 5.82. The van der Waals surface area contributed by atoms with Crippen LogP contribution < -0.4 is 0 Å². The molecule has 0 bridgehead atoms. The number of sulfone groups is 1. The molecule has 1 saturated heterocycles. The molecule has 0 radical (unpaired) electrons. The highest BCUT2D eigenvalue weighted by Gasteiger charge is 2.40. The van der Waals surface area contributed by atoms with E-state index in [-0.39, 0.29) is 23.7 Å². The van der Waals surface area contributed by atoms with Gasteiger partial charge in [-0.1, -0.05) is 24.3 Å². The molecule has 0 spiro atoms. The van der Waals surface area contributed by atoms with E-state index in [0.29, 0.717) is 12.0 Å². The van der Waals surface area contributed by atoms with Crippen molar-refractivity contribution in [2.24, 2.45) is 0 Å². The topological polar surface area (TPSA) is 71.4 Å². The van der Waals surface area contributed by atoms with Gasteiger partial charge in [-0.2, -0.15) is 0 Å². The van der Waals surface area contributed by atoms with E-state index in [2.05, 4.69) is 0 Å². The van der Waals surface area contributed by atoms with Gasteiger partial charge < -0.3 is 5.11 Å². The van der Waals surface area contributed by atoms with Gasteiger partial charge in [-0.3, -0.25) is 4.79 Å². The normalized spacial score (nSPS) is 26.1. The molecule has 0 amide bonds. The number of aliphatic hydroxyl groups is 1. The smallest absolute Gasteiger partial charge is 0.159 e. The molecule has 5 heteroatoms. The Morgan fingerprint density at radius 1 is 1.33 bits per heavy atom. The Morgan fingerprint density at radius 2 is 1.94 bits per heavy atom. The van der Waals surface area contributed by atoms with Crippen molar-refractivity contribution >= 4 is 15.6 Å². The largest absolute Gasteiger partial charge is 0.388 e. The number of carbonyl (C=O) groups is 1. The van der Waals surface area contributed by atoms with Gasteiger partial charge in [0.05, 0.1) is 17.1 Å². The van der Waals surface area contributed by atoms with Crippen LogP contribution in [0.1, 0.15) is 29.3 Å². The lowest BCUT2D eigenvalue weighted by Gasteiger charge is -2.20. The van der Waals surface area contributed by atoms with Gasteiger partial charge in [0, 0.05) is 12.0 Å². The van der Waals surface area contributed by atoms with Crippen LogP contribution in [0.4, 0.5) is 0 Å². The molecule has 1 heterocycles. The molecule has 1 aliphatic heterocycles. The summed E-state index contributed by atoms with van der Waals surface area (Å²) in [5.41, 5.74) is 0.306. The minimum atomic E-state index is -3.10. The molecule has 1 unspecified atom stereocenters. The van der Waals surface area contributed by atoms with Crippen LogP contribution in [-0.2, 0) is 16.3 Å². The van der Waals surface area contributed by atoms with Crippen molar-refractivity contribution in [3.8, 4) is 0 Å². The Labute approximate surface area is 107 Å². The summed E-state index contributed by atoms with van der Waals surface area (Å²) in [7, 11) is -3.10. The lowest BCUT2D eigenvalue weighted by molar-refractivity contribution is 0.0682. The summed E-state index contributed by atoms with van der Waals surface area (Å²) < 4.78 is 22.8. The summed E-state index contributed by atoms with van der Waals surface area (Å²) in [5.74, 6) is -0.132. The summed E-state index contributed by atoms with van der Waals surface area (Å²) in [4.78, 5) is 11.1. The van der Waals surface area contributed by atoms with E-state index in [1.54, 1.807) is 24.3 Å². The van der Waals surface area contributed by atoms with Crippen LogP contribution in [-0.4, -0.2) is 36.4 Å². The van der Waals surface area contributed by atoms with Gasteiger partial charge in [0.15, 0.2) is 15.6 Å². The molecule has 1 fully saturated rings. The van der Waals surface area contributed by atoms with Crippen molar-refractivity contribution in [3.05, 3.63) is 35.4 Å². The molecule has 0 saturated carbocycles. The number of ketones is 1. The van der Waals surface area contributed by atoms with E-state index < -0.39 is 15.4 Å². The van der Waals surface area contributed by atoms with Crippen molar-refractivity contribution in [2.75, 3.05) is 11.5 Å². The fraction of sp³-hybridized carbons (Fsp3) is 0.462. The fourth-order valence-corrected chi connectivity index (χ4v) is 4.18. The SMILES string of the molecule is CC(=O)c1ccc(CC2(O)CCS(=O)(=O)C2)cc1. The van der Waals surface area contributed by atoms with Crippen LogP contribution in [0.15, 0.2) is 24.3 Å². The van der Waals surface area contributed by atoms with Crippen molar-refractivity contribution in [3.63, 3.8) is 0 Å². The first kappa shape index (κ1) is 13.2. The number of carbonyl (C=O) groups excluding carboxylic acids is 1. The van der Waals surface area contributed by atoms with Crippen LogP contribution in [0.3, 0.4) is 0 Å². The summed E-state index contributed by atoms with van der Waals surface area (Å²) in [6.07, 6.45) is 0.591. The zero-order valence-corrected chi connectivity index (χ0v) is 11.0. The van der Waals surface area contributed by atoms with E-state index in [9.17, 15) is 18.3 Å².